The monoisotopic (exact) mass is 193 g/mol. The second-order valence-electron chi connectivity index (χ2n) is 3.34. The fourth-order valence-corrected chi connectivity index (χ4v) is 1.13. The van der Waals surface area contributed by atoms with E-state index in [1.807, 2.05) is 44.2 Å². The van der Waals surface area contributed by atoms with Crippen molar-refractivity contribution in [1.29, 1.82) is 0 Å². The maximum absolute atomic E-state index is 11.2. The average Bonchev–Trinajstić information content (AvgIpc) is 2.15. The summed E-state index contributed by atoms with van der Waals surface area (Å²) in [6.45, 7) is 5.30. The Bertz CT molecular complexity index is 295. The van der Waals surface area contributed by atoms with Crippen LogP contribution in [0.3, 0.4) is 0 Å². The molecule has 0 heterocycles. The molecule has 0 aromatic heterocycles. The second kappa shape index (κ2) is 4.65. The minimum atomic E-state index is -0.0937. The first-order valence-electron chi connectivity index (χ1n) is 4.64. The highest BCUT2D eigenvalue weighted by molar-refractivity contribution is 5.72. The highest BCUT2D eigenvalue weighted by atomic mass is 16.7. The Morgan fingerprint density at radius 2 is 1.86 bits per heavy atom. The van der Waals surface area contributed by atoms with Gasteiger partial charge in [-0.25, -0.2) is 0 Å². The largest absolute Gasteiger partial charge is 0.377 e. The van der Waals surface area contributed by atoms with Gasteiger partial charge >= 0.3 is 0 Å². The van der Waals surface area contributed by atoms with Crippen molar-refractivity contribution in [3.8, 4) is 5.75 Å². The third kappa shape index (κ3) is 2.76. The third-order valence-corrected chi connectivity index (χ3v) is 1.73. The molecule has 0 fully saturated rings. The summed E-state index contributed by atoms with van der Waals surface area (Å²) in [5, 5.41) is 1.36. The van der Waals surface area contributed by atoms with Gasteiger partial charge in [0.15, 0.2) is 5.75 Å². The molecular formula is C11H15NO2. The maximum atomic E-state index is 11.2. The molecule has 1 amide bonds. The quantitative estimate of drug-likeness (QED) is 0.689. The highest BCUT2D eigenvalue weighted by Gasteiger charge is 2.14. The van der Waals surface area contributed by atoms with Gasteiger partial charge in [-0.15, -0.1) is 0 Å². The Morgan fingerprint density at radius 3 is 2.29 bits per heavy atom. The van der Waals surface area contributed by atoms with E-state index in [2.05, 4.69) is 0 Å². The lowest BCUT2D eigenvalue weighted by Gasteiger charge is -2.24. The predicted octanol–water partition coefficient (Wildman–Crippen LogP) is 2.24. The third-order valence-electron chi connectivity index (χ3n) is 1.73. The van der Waals surface area contributed by atoms with E-state index in [1.54, 1.807) is 0 Å². The molecule has 0 bridgehead atoms. The van der Waals surface area contributed by atoms with Gasteiger partial charge in [-0.05, 0) is 26.0 Å². The van der Waals surface area contributed by atoms with Crippen LogP contribution in [0, 0.1) is 0 Å². The van der Waals surface area contributed by atoms with Crippen molar-refractivity contribution < 1.29 is 9.63 Å². The summed E-state index contributed by atoms with van der Waals surface area (Å²) in [7, 11) is 0. The molecule has 0 aliphatic rings. The molecule has 3 heteroatoms. The standard InChI is InChI=1S/C11H15NO2/c1-9(2)12(10(3)13)14-11-7-5-4-6-8-11/h4-9H,1-3H3. The lowest BCUT2D eigenvalue weighted by molar-refractivity contribution is -0.160. The van der Waals surface area contributed by atoms with E-state index in [1.165, 1.54) is 12.0 Å². The number of carbonyl (C=O) groups excluding carboxylic acids is 1. The predicted molar refractivity (Wildman–Crippen MR) is 54.7 cm³/mol. The Balaban J connectivity index is 2.70. The molecule has 0 saturated carbocycles. The molecule has 76 valence electrons. The molecule has 0 aliphatic heterocycles. The number of rotatable bonds is 3. The Hall–Kier alpha value is -1.51. The van der Waals surface area contributed by atoms with Gasteiger partial charge in [0, 0.05) is 6.92 Å². The van der Waals surface area contributed by atoms with Crippen molar-refractivity contribution >= 4 is 5.91 Å². The van der Waals surface area contributed by atoms with E-state index in [-0.39, 0.29) is 11.9 Å². The number of carbonyl (C=O) groups is 1. The molecule has 14 heavy (non-hydrogen) atoms. The lowest BCUT2D eigenvalue weighted by atomic mass is 10.3. The number of hydrogen-bond acceptors (Lipinski definition) is 2. The second-order valence-corrected chi connectivity index (χ2v) is 3.34. The molecule has 0 radical (unpaired) electrons. The summed E-state index contributed by atoms with van der Waals surface area (Å²) >= 11 is 0. The van der Waals surface area contributed by atoms with Crippen LogP contribution in [0.4, 0.5) is 0 Å². The van der Waals surface area contributed by atoms with Gasteiger partial charge in [0.1, 0.15) is 0 Å². The summed E-state index contributed by atoms with van der Waals surface area (Å²) in [5.74, 6) is 0.584. The van der Waals surface area contributed by atoms with E-state index >= 15 is 0 Å². The number of hydrogen-bond donors (Lipinski definition) is 0. The molecule has 0 atom stereocenters. The van der Waals surface area contributed by atoms with Crippen molar-refractivity contribution in [2.45, 2.75) is 26.8 Å². The van der Waals surface area contributed by atoms with E-state index in [0.717, 1.165) is 0 Å². The number of para-hydroxylation sites is 1. The van der Waals surface area contributed by atoms with Crippen molar-refractivity contribution in [2.24, 2.45) is 0 Å². The first kappa shape index (κ1) is 10.6. The van der Waals surface area contributed by atoms with Crippen LogP contribution in [0.25, 0.3) is 0 Å². The van der Waals surface area contributed by atoms with E-state index in [9.17, 15) is 4.79 Å². The molecule has 0 N–H and O–H groups in total. The van der Waals surface area contributed by atoms with E-state index < -0.39 is 0 Å². The first-order valence-corrected chi connectivity index (χ1v) is 4.64. The molecule has 1 rings (SSSR count). The van der Waals surface area contributed by atoms with Gasteiger partial charge < -0.3 is 4.84 Å². The topological polar surface area (TPSA) is 29.5 Å². The van der Waals surface area contributed by atoms with Gasteiger partial charge in [0.25, 0.3) is 5.91 Å². The summed E-state index contributed by atoms with van der Waals surface area (Å²) < 4.78 is 0. The highest BCUT2D eigenvalue weighted by Crippen LogP contribution is 2.12. The first-order chi connectivity index (χ1) is 6.61. The normalized spacial score (nSPS) is 10.0. The van der Waals surface area contributed by atoms with E-state index in [0.29, 0.717) is 5.75 Å². The zero-order valence-electron chi connectivity index (χ0n) is 8.73. The lowest BCUT2D eigenvalue weighted by Crippen LogP contribution is -2.38. The number of benzene rings is 1. The summed E-state index contributed by atoms with van der Waals surface area (Å²) in [5.41, 5.74) is 0. The Kier molecular flexibility index (Phi) is 3.51. The van der Waals surface area contributed by atoms with Crippen LogP contribution in [0.5, 0.6) is 5.75 Å². The van der Waals surface area contributed by atoms with Gasteiger partial charge in [0.05, 0.1) is 6.04 Å². The number of nitrogens with zero attached hydrogens (tertiary/aromatic N) is 1. The maximum Gasteiger partial charge on any atom is 0.252 e. The van der Waals surface area contributed by atoms with Crippen molar-refractivity contribution in [3.63, 3.8) is 0 Å². The zero-order chi connectivity index (χ0) is 10.6. The van der Waals surface area contributed by atoms with Crippen molar-refractivity contribution in [2.75, 3.05) is 0 Å². The fourth-order valence-electron chi connectivity index (χ4n) is 1.13. The van der Waals surface area contributed by atoms with Crippen LogP contribution < -0.4 is 4.84 Å². The smallest absolute Gasteiger partial charge is 0.252 e. The van der Waals surface area contributed by atoms with Crippen LogP contribution in [0.15, 0.2) is 30.3 Å². The Morgan fingerprint density at radius 1 is 1.29 bits per heavy atom. The molecule has 3 nitrogen and oxygen atoms in total. The summed E-state index contributed by atoms with van der Waals surface area (Å²) in [6.07, 6.45) is 0. The van der Waals surface area contributed by atoms with Crippen LogP contribution in [0.2, 0.25) is 0 Å². The van der Waals surface area contributed by atoms with Crippen LogP contribution >= 0.6 is 0 Å². The molecule has 0 spiro atoms. The van der Waals surface area contributed by atoms with Crippen molar-refractivity contribution in [3.05, 3.63) is 30.3 Å². The molecule has 1 aromatic rings. The van der Waals surface area contributed by atoms with E-state index in [4.69, 9.17) is 4.84 Å². The molecule has 0 saturated heterocycles. The zero-order valence-corrected chi connectivity index (χ0v) is 8.73. The molecule has 0 aliphatic carbocycles. The number of hydroxylamine groups is 2. The summed E-state index contributed by atoms with van der Waals surface area (Å²) in [4.78, 5) is 16.6. The average molecular weight is 193 g/mol. The van der Waals surface area contributed by atoms with Gasteiger partial charge in [-0.3, -0.25) is 4.79 Å². The van der Waals surface area contributed by atoms with Gasteiger partial charge in [0.2, 0.25) is 0 Å². The summed E-state index contributed by atoms with van der Waals surface area (Å²) in [6, 6.07) is 9.31. The minimum absolute atomic E-state index is 0.0349. The van der Waals surface area contributed by atoms with Crippen molar-refractivity contribution in [1.82, 2.24) is 5.06 Å². The fraction of sp³-hybridized carbons (Fsp3) is 0.364. The van der Waals surface area contributed by atoms with Crippen LogP contribution in [-0.2, 0) is 4.79 Å². The number of amides is 1. The SMILES string of the molecule is CC(=O)N(Oc1ccccc1)C(C)C. The van der Waals surface area contributed by atoms with Gasteiger partial charge in [-0.1, -0.05) is 18.2 Å². The molecule has 1 aromatic carbocycles. The Labute approximate surface area is 84.2 Å². The van der Waals surface area contributed by atoms with Gasteiger partial charge in [-0.2, -0.15) is 5.06 Å². The van der Waals surface area contributed by atoms with Crippen LogP contribution in [-0.4, -0.2) is 17.0 Å². The minimum Gasteiger partial charge on any atom is -0.377 e. The molecular weight excluding hydrogens is 178 g/mol. The molecule has 0 unspecified atom stereocenters. The van der Waals surface area contributed by atoms with Crippen LogP contribution in [0.1, 0.15) is 20.8 Å².